The Bertz CT molecular complexity index is 1440. The fraction of sp³-hybridized carbons (Fsp3) is 0.370. The molecular weight excluding hydrogens is 637 g/mol. The molecule has 2 rings (SSSR count). The molecule has 0 atom stereocenters. The molecule has 0 fully saturated rings. The zero-order valence-corrected chi connectivity index (χ0v) is 25.4. The van der Waals surface area contributed by atoms with E-state index in [0.717, 1.165) is 0 Å². The SMILES string of the molecule is Cc1cccnc1N/N=C(\C=C\c1c(C)cc(Cl)cc1C(=O)NC(C)(C)C)CN/N=C(\N)C(F)(F)C(F)(F)C(F)(F)F.NC=O. The predicted molar refractivity (Wildman–Crippen MR) is 158 cm³/mol. The Morgan fingerprint density at radius 1 is 1.04 bits per heavy atom. The molecule has 0 aliphatic heterocycles. The average molecular weight is 669 g/mol. The lowest BCUT2D eigenvalue weighted by Crippen LogP contribution is -2.58. The molecule has 0 unspecified atom stereocenters. The molecule has 45 heavy (non-hydrogen) atoms. The molecule has 0 spiro atoms. The number of aromatic nitrogens is 1. The number of pyridine rings is 1. The van der Waals surface area contributed by atoms with E-state index >= 15 is 0 Å². The number of benzene rings is 1. The maximum absolute atomic E-state index is 13.8. The summed E-state index contributed by atoms with van der Waals surface area (Å²) < 4.78 is 91.8. The number of halogens is 8. The number of aryl methyl sites for hydroxylation is 2. The lowest BCUT2D eigenvalue weighted by molar-refractivity contribution is -0.336. The number of carbonyl (C=O) groups is 2. The summed E-state index contributed by atoms with van der Waals surface area (Å²) in [5, 5.41) is 10.0. The van der Waals surface area contributed by atoms with Crippen LogP contribution >= 0.6 is 11.6 Å². The second-order valence-electron chi connectivity index (χ2n) is 10.2. The minimum atomic E-state index is -6.58. The number of primary amides is 1. The Kier molecular flexibility index (Phi) is 13.3. The average Bonchev–Trinajstić information content (AvgIpc) is 2.89. The molecule has 0 saturated carbocycles. The lowest BCUT2D eigenvalue weighted by Gasteiger charge is -2.27. The molecule has 0 saturated heterocycles. The van der Waals surface area contributed by atoms with Crippen LogP contribution in [0.1, 0.15) is 47.8 Å². The maximum Gasteiger partial charge on any atom is 0.460 e. The molecule has 0 aliphatic rings. The van der Waals surface area contributed by atoms with Gasteiger partial charge in [0.15, 0.2) is 5.84 Å². The molecule has 0 radical (unpaired) electrons. The highest BCUT2D eigenvalue weighted by molar-refractivity contribution is 6.31. The van der Waals surface area contributed by atoms with Crippen LogP contribution in [0.4, 0.5) is 36.6 Å². The van der Waals surface area contributed by atoms with Gasteiger partial charge in [0.25, 0.3) is 5.91 Å². The van der Waals surface area contributed by atoms with Gasteiger partial charge in [-0.3, -0.25) is 15.0 Å². The van der Waals surface area contributed by atoms with Gasteiger partial charge in [-0.05, 0) is 75.6 Å². The van der Waals surface area contributed by atoms with Crippen LogP contribution < -0.4 is 27.6 Å². The summed E-state index contributed by atoms with van der Waals surface area (Å²) in [4.78, 5) is 25.6. The first-order valence-electron chi connectivity index (χ1n) is 12.7. The van der Waals surface area contributed by atoms with Crippen molar-refractivity contribution in [3.8, 4) is 0 Å². The minimum absolute atomic E-state index is 0.0287. The van der Waals surface area contributed by atoms with Crippen LogP contribution in [0.25, 0.3) is 6.08 Å². The number of nitrogens with two attached hydrogens (primary N) is 2. The van der Waals surface area contributed by atoms with Crippen molar-refractivity contribution in [1.29, 1.82) is 0 Å². The van der Waals surface area contributed by atoms with Crippen LogP contribution in [-0.4, -0.2) is 59.0 Å². The largest absolute Gasteiger partial charge is 0.460 e. The molecule has 2 amide bonds. The standard InChI is InChI=1S/C26H29ClF7N7O.CH3NO/c1-14-7-6-10-36-20(14)40-39-17(13-37-41-22(35)24(28,29)25(30,31)26(32,33)34)8-9-18-15(2)11-16(27)12-19(18)21(42)38-23(3,4)5;2-1-3/h6-12,37H,13H2,1-5H3,(H2,35,41)(H,36,40)(H,38,42);1H,(H2,2,3)/b9-8+,39-17+;. The predicted octanol–water partition coefficient (Wildman–Crippen LogP) is 5.16. The number of hydrogen-bond donors (Lipinski definition) is 5. The van der Waals surface area contributed by atoms with Crippen molar-refractivity contribution >= 4 is 47.4 Å². The van der Waals surface area contributed by atoms with Gasteiger partial charge in [0.2, 0.25) is 6.41 Å². The second-order valence-corrected chi connectivity index (χ2v) is 10.7. The van der Waals surface area contributed by atoms with E-state index in [1.807, 2.05) is 5.43 Å². The monoisotopic (exact) mass is 668 g/mol. The van der Waals surface area contributed by atoms with Gasteiger partial charge < -0.3 is 22.2 Å². The zero-order valence-electron chi connectivity index (χ0n) is 24.7. The fourth-order valence-corrected chi connectivity index (χ4v) is 3.50. The van der Waals surface area contributed by atoms with Crippen molar-refractivity contribution in [1.82, 2.24) is 15.7 Å². The Morgan fingerprint density at radius 2 is 1.64 bits per heavy atom. The Hall–Kier alpha value is -4.41. The number of hydrogen-bond acceptors (Lipinski definition) is 7. The second kappa shape index (κ2) is 15.5. The summed E-state index contributed by atoms with van der Waals surface area (Å²) in [5.41, 5.74) is 14.8. The number of nitrogens with zero attached hydrogens (tertiary/aromatic N) is 3. The van der Waals surface area contributed by atoms with Gasteiger partial charge in [0.1, 0.15) is 5.82 Å². The van der Waals surface area contributed by atoms with Crippen molar-refractivity contribution < 1.29 is 40.3 Å². The van der Waals surface area contributed by atoms with Crippen LogP contribution in [0.2, 0.25) is 5.02 Å². The van der Waals surface area contributed by atoms with Gasteiger partial charge in [-0.1, -0.05) is 23.7 Å². The first kappa shape index (κ1) is 38.6. The Balaban J connectivity index is 0.00000324. The smallest absolute Gasteiger partial charge is 0.380 e. The third-order valence-electron chi connectivity index (χ3n) is 5.37. The van der Waals surface area contributed by atoms with Gasteiger partial charge in [0.05, 0.1) is 12.3 Å². The van der Waals surface area contributed by atoms with Crippen LogP contribution in [0.3, 0.4) is 0 Å². The molecule has 10 nitrogen and oxygen atoms in total. The molecule has 1 heterocycles. The molecule has 18 heteroatoms. The van der Waals surface area contributed by atoms with Crippen molar-refractivity contribution in [2.45, 2.75) is 58.2 Å². The molecule has 1 aromatic heterocycles. The Morgan fingerprint density at radius 3 is 2.18 bits per heavy atom. The number of hydrazone groups is 2. The van der Waals surface area contributed by atoms with Gasteiger partial charge >= 0.3 is 18.0 Å². The quantitative estimate of drug-likeness (QED) is 0.0773. The van der Waals surface area contributed by atoms with E-state index in [4.69, 9.17) is 22.1 Å². The summed E-state index contributed by atoms with van der Waals surface area (Å²) in [6.45, 7) is 8.14. The lowest BCUT2D eigenvalue weighted by atomic mass is 9.99. The molecule has 248 valence electrons. The summed E-state index contributed by atoms with van der Waals surface area (Å²) in [7, 11) is 0. The number of amidine groups is 1. The van der Waals surface area contributed by atoms with E-state index in [1.165, 1.54) is 24.4 Å². The number of alkyl halides is 7. The fourth-order valence-electron chi connectivity index (χ4n) is 3.23. The summed E-state index contributed by atoms with van der Waals surface area (Å²) in [5.74, 6) is -14.8. The maximum atomic E-state index is 13.8. The highest BCUT2D eigenvalue weighted by Crippen LogP contribution is 2.46. The van der Waals surface area contributed by atoms with Crippen molar-refractivity contribution in [3.05, 3.63) is 63.8 Å². The summed E-state index contributed by atoms with van der Waals surface area (Å²) >= 11 is 6.16. The third-order valence-corrected chi connectivity index (χ3v) is 5.59. The zero-order chi connectivity index (χ0) is 34.8. The number of rotatable bonds is 10. The molecule has 0 aliphatic carbocycles. The summed E-state index contributed by atoms with van der Waals surface area (Å²) in [6.07, 6.45) is -2.08. The molecule has 2 aromatic rings. The van der Waals surface area contributed by atoms with Gasteiger partial charge in [-0.15, -0.1) is 0 Å². The van der Waals surface area contributed by atoms with Crippen LogP contribution in [0.15, 0.2) is 46.7 Å². The van der Waals surface area contributed by atoms with Crippen LogP contribution in [0, 0.1) is 13.8 Å². The highest BCUT2D eigenvalue weighted by Gasteiger charge is 2.75. The first-order chi connectivity index (χ1) is 20.6. The summed E-state index contributed by atoms with van der Waals surface area (Å²) in [6, 6.07) is 6.40. The van der Waals surface area contributed by atoms with Crippen LogP contribution in [-0.2, 0) is 4.79 Å². The first-order valence-corrected chi connectivity index (χ1v) is 13.1. The number of anilines is 1. The topological polar surface area (TPSA) is 160 Å². The third kappa shape index (κ3) is 10.9. The van der Waals surface area contributed by atoms with Crippen LogP contribution in [0.5, 0.6) is 0 Å². The molecule has 7 N–H and O–H groups in total. The number of carbonyl (C=O) groups excluding carboxylic acids is 2. The minimum Gasteiger partial charge on any atom is -0.380 e. The van der Waals surface area contributed by atoms with Gasteiger partial charge in [0, 0.05) is 22.3 Å². The van der Waals surface area contributed by atoms with E-state index in [2.05, 4.69) is 31.7 Å². The Labute approximate surface area is 259 Å². The van der Waals surface area contributed by atoms with E-state index in [-0.39, 0.29) is 22.7 Å². The molecule has 1 aromatic carbocycles. The van der Waals surface area contributed by atoms with E-state index in [1.54, 1.807) is 52.8 Å². The molecule has 0 bridgehead atoms. The van der Waals surface area contributed by atoms with Crippen molar-refractivity contribution in [2.24, 2.45) is 21.7 Å². The normalized spacial score (nSPS) is 13.2. The van der Waals surface area contributed by atoms with E-state index in [9.17, 15) is 35.5 Å². The number of amides is 2. The van der Waals surface area contributed by atoms with Gasteiger partial charge in [-0.25, -0.2) is 4.98 Å². The van der Waals surface area contributed by atoms with E-state index < -0.39 is 41.8 Å². The van der Waals surface area contributed by atoms with Crippen molar-refractivity contribution in [2.75, 3.05) is 12.0 Å². The molecular formula is C27H32ClF7N8O2. The van der Waals surface area contributed by atoms with Crippen molar-refractivity contribution in [3.63, 3.8) is 0 Å². The van der Waals surface area contributed by atoms with E-state index in [0.29, 0.717) is 22.5 Å². The highest BCUT2D eigenvalue weighted by atomic mass is 35.5. The number of nitrogens with one attached hydrogen (secondary N) is 3. The van der Waals surface area contributed by atoms with Gasteiger partial charge in [-0.2, -0.15) is 40.9 Å².